The monoisotopic (exact) mass is 277 g/mol. The zero-order valence-corrected chi connectivity index (χ0v) is 9.53. The maximum Gasteiger partial charge on any atom is 0.419 e. The van der Waals surface area contributed by atoms with Gasteiger partial charge in [-0.05, 0) is 18.2 Å². The number of benzene rings is 1. The van der Waals surface area contributed by atoms with Gasteiger partial charge in [0.25, 0.3) is 0 Å². The fourth-order valence-electron chi connectivity index (χ4n) is 1.28. The molecule has 0 saturated heterocycles. The minimum Gasteiger partial charge on any atom is -0.492 e. The second-order valence-corrected chi connectivity index (χ2v) is 3.57. The van der Waals surface area contributed by atoms with Crippen LogP contribution in [0.1, 0.15) is 22.3 Å². The summed E-state index contributed by atoms with van der Waals surface area (Å²) in [5.41, 5.74) is 3.41. The molecule has 0 aliphatic carbocycles. The van der Waals surface area contributed by atoms with Crippen molar-refractivity contribution in [2.24, 2.45) is 5.73 Å². The van der Waals surface area contributed by atoms with E-state index in [-0.39, 0.29) is 5.56 Å². The summed E-state index contributed by atoms with van der Waals surface area (Å²) in [7, 11) is 0. The van der Waals surface area contributed by atoms with Crippen molar-refractivity contribution in [3.8, 4) is 5.75 Å². The largest absolute Gasteiger partial charge is 0.492 e. The number of hydrogen-bond acceptors (Lipinski definition) is 3. The van der Waals surface area contributed by atoms with Crippen molar-refractivity contribution in [3.63, 3.8) is 0 Å². The highest BCUT2D eigenvalue weighted by Crippen LogP contribution is 2.36. The minimum atomic E-state index is -4.73. The van der Waals surface area contributed by atoms with Gasteiger partial charge in [0, 0.05) is 5.56 Å². The van der Waals surface area contributed by atoms with E-state index in [1.165, 1.54) is 0 Å². The van der Waals surface area contributed by atoms with Crippen LogP contribution in [-0.2, 0) is 11.0 Å². The number of amides is 1. The van der Waals surface area contributed by atoms with E-state index in [9.17, 15) is 22.8 Å². The van der Waals surface area contributed by atoms with E-state index < -0.39 is 42.4 Å². The van der Waals surface area contributed by atoms with Gasteiger partial charge in [-0.2, -0.15) is 13.2 Å². The maximum atomic E-state index is 12.7. The molecule has 0 bridgehead atoms. The van der Waals surface area contributed by atoms with Gasteiger partial charge >= 0.3 is 12.1 Å². The lowest BCUT2D eigenvalue weighted by Crippen LogP contribution is -2.15. The van der Waals surface area contributed by atoms with Gasteiger partial charge in [-0.3, -0.25) is 9.59 Å². The van der Waals surface area contributed by atoms with Crippen LogP contribution in [0.2, 0.25) is 0 Å². The highest BCUT2D eigenvalue weighted by Gasteiger charge is 2.35. The summed E-state index contributed by atoms with van der Waals surface area (Å²) < 4.78 is 42.9. The summed E-state index contributed by atoms with van der Waals surface area (Å²) in [5.74, 6) is -2.73. The van der Waals surface area contributed by atoms with Gasteiger partial charge in [0.1, 0.15) is 5.75 Å². The SMILES string of the molecule is NC(=O)c1ccc(OCCC(=O)O)c(C(F)(F)F)c1. The van der Waals surface area contributed by atoms with Crippen molar-refractivity contribution < 1.29 is 32.6 Å². The number of nitrogens with two attached hydrogens (primary N) is 1. The number of alkyl halides is 3. The van der Waals surface area contributed by atoms with E-state index in [1.807, 2.05) is 0 Å². The molecule has 0 aromatic heterocycles. The summed E-state index contributed by atoms with van der Waals surface area (Å²) in [6.45, 7) is -0.408. The van der Waals surface area contributed by atoms with E-state index in [0.717, 1.165) is 12.1 Å². The Morgan fingerprint density at radius 3 is 2.42 bits per heavy atom. The van der Waals surface area contributed by atoms with Crippen LogP contribution in [0, 0.1) is 0 Å². The summed E-state index contributed by atoms with van der Waals surface area (Å²) in [6, 6.07) is 2.58. The number of carboxylic acid groups (broad SMARTS) is 1. The molecule has 0 atom stereocenters. The number of carbonyl (C=O) groups excluding carboxylic acids is 1. The standard InChI is InChI=1S/C11H10F3NO4/c12-11(13,14)7-5-6(10(15)18)1-2-8(7)19-4-3-9(16)17/h1-2,5H,3-4H2,(H2,15,18)(H,16,17). The van der Waals surface area contributed by atoms with Crippen molar-refractivity contribution >= 4 is 11.9 Å². The molecule has 1 rings (SSSR count). The molecule has 19 heavy (non-hydrogen) atoms. The summed E-state index contributed by atoms with van der Waals surface area (Å²) >= 11 is 0. The Hall–Kier alpha value is -2.25. The van der Waals surface area contributed by atoms with Crippen LogP contribution in [0.5, 0.6) is 5.75 Å². The Labute approximate surface area is 105 Å². The Balaban J connectivity index is 3.03. The van der Waals surface area contributed by atoms with E-state index >= 15 is 0 Å². The molecule has 1 amide bonds. The molecule has 1 aromatic rings. The van der Waals surface area contributed by atoms with Crippen molar-refractivity contribution in [1.82, 2.24) is 0 Å². The molecule has 1 aromatic carbocycles. The number of aliphatic carboxylic acids is 1. The van der Waals surface area contributed by atoms with Crippen LogP contribution >= 0.6 is 0 Å². The molecular formula is C11H10F3NO4. The first kappa shape index (κ1) is 14.8. The predicted molar refractivity (Wildman–Crippen MR) is 57.7 cm³/mol. The molecule has 104 valence electrons. The topological polar surface area (TPSA) is 89.6 Å². The van der Waals surface area contributed by atoms with Crippen molar-refractivity contribution in [2.45, 2.75) is 12.6 Å². The molecule has 0 aliphatic rings. The highest BCUT2D eigenvalue weighted by atomic mass is 19.4. The normalized spacial score (nSPS) is 11.1. The number of carbonyl (C=O) groups is 2. The summed E-state index contributed by atoms with van der Waals surface area (Å²) in [4.78, 5) is 21.1. The third-order valence-corrected chi connectivity index (χ3v) is 2.14. The Kier molecular flexibility index (Phi) is 4.36. The predicted octanol–water partition coefficient (Wildman–Crippen LogP) is 1.66. The van der Waals surface area contributed by atoms with Gasteiger partial charge in [0.15, 0.2) is 0 Å². The third kappa shape index (κ3) is 4.16. The molecule has 0 spiro atoms. The average Bonchev–Trinajstić information content (AvgIpc) is 2.27. The lowest BCUT2D eigenvalue weighted by molar-refractivity contribution is -0.139. The number of hydrogen-bond donors (Lipinski definition) is 2. The van der Waals surface area contributed by atoms with E-state index in [0.29, 0.717) is 6.07 Å². The molecule has 0 unspecified atom stereocenters. The fraction of sp³-hybridized carbons (Fsp3) is 0.273. The van der Waals surface area contributed by atoms with Crippen LogP contribution in [-0.4, -0.2) is 23.6 Å². The first-order chi connectivity index (χ1) is 8.71. The van der Waals surface area contributed by atoms with Crippen molar-refractivity contribution in [2.75, 3.05) is 6.61 Å². The van der Waals surface area contributed by atoms with Crippen LogP contribution in [0.15, 0.2) is 18.2 Å². The molecule has 0 radical (unpaired) electrons. The van der Waals surface area contributed by atoms with Crippen LogP contribution < -0.4 is 10.5 Å². The number of halogens is 3. The van der Waals surface area contributed by atoms with Gasteiger partial charge in [-0.25, -0.2) is 0 Å². The van der Waals surface area contributed by atoms with Crippen molar-refractivity contribution in [3.05, 3.63) is 29.3 Å². The minimum absolute atomic E-state index is 0.307. The lowest BCUT2D eigenvalue weighted by Gasteiger charge is -2.14. The highest BCUT2D eigenvalue weighted by molar-refractivity contribution is 5.93. The number of primary amides is 1. The Morgan fingerprint density at radius 2 is 1.95 bits per heavy atom. The average molecular weight is 277 g/mol. The summed E-state index contributed by atoms with van der Waals surface area (Å²) in [5, 5.41) is 8.37. The second kappa shape index (κ2) is 5.59. The molecule has 0 fully saturated rings. The van der Waals surface area contributed by atoms with E-state index in [4.69, 9.17) is 15.6 Å². The van der Waals surface area contributed by atoms with Gasteiger partial charge in [-0.15, -0.1) is 0 Å². The smallest absolute Gasteiger partial charge is 0.419 e. The number of rotatable bonds is 5. The molecule has 5 nitrogen and oxygen atoms in total. The van der Waals surface area contributed by atoms with E-state index in [1.54, 1.807) is 0 Å². The molecule has 0 heterocycles. The number of carboxylic acids is 1. The molecule has 0 saturated carbocycles. The quantitative estimate of drug-likeness (QED) is 0.856. The third-order valence-electron chi connectivity index (χ3n) is 2.14. The fourth-order valence-corrected chi connectivity index (χ4v) is 1.28. The maximum absolute atomic E-state index is 12.7. The Bertz CT molecular complexity index is 499. The second-order valence-electron chi connectivity index (χ2n) is 3.57. The first-order valence-corrected chi connectivity index (χ1v) is 5.07. The molecule has 3 N–H and O–H groups in total. The van der Waals surface area contributed by atoms with Gasteiger partial charge in [0.2, 0.25) is 5.91 Å². The Morgan fingerprint density at radius 1 is 1.32 bits per heavy atom. The zero-order chi connectivity index (χ0) is 14.6. The van der Waals surface area contributed by atoms with Gasteiger partial charge in [-0.1, -0.05) is 0 Å². The van der Waals surface area contributed by atoms with Crippen molar-refractivity contribution in [1.29, 1.82) is 0 Å². The lowest BCUT2D eigenvalue weighted by atomic mass is 10.1. The van der Waals surface area contributed by atoms with Gasteiger partial charge in [0.05, 0.1) is 18.6 Å². The molecule has 8 heteroatoms. The summed E-state index contributed by atoms with van der Waals surface area (Å²) in [6.07, 6.45) is -5.17. The van der Waals surface area contributed by atoms with Gasteiger partial charge < -0.3 is 15.6 Å². The number of ether oxygens (including phenoxy) is 1. The molecule has 0 aliphatic heterocycles. The van der Waals surface area contributed by atoms with Crippen LogP contribution in [0.25, 0.3) is 0 Å². The van der Waals surface area contributed by atoms with Crippen LogP contribution in [0.4, 0.5) is 13.2 Å². The molecular weight excluding hydrogens is 267 g/mol. The van der Waals surface area contributed by atoms with Crippen LogP contribution in [0.3, 0.4) is 0 Å². The van der Waals surface area contributed by atoms with E-state index in [2.05, 4.69) is 0 Å². The first-order valence-electron chi connectivity index (χ1n) is 5.07. The zero-order valence-electron chi connectivity index (χ0n) is 9.53.